The normalized spacial score (nSPS) is 12.1. The fraction of sp³-hybridized carbons (Fsp3) is 0.130. The zero-order valence-electron chi connectivity index (χ0n) is 17.0. The molecule has 0 saturated heterocycles. The highest BCUT2D eigenvalue weighted by Gasteiger charge is 2.33. The molecule has 0 bridgehead atoms. The standard InChI is InChI=1S/C23H18F3N3O4/c24-23(25,26)18-10-4-6-15(12-18)14-28(20(21(27)30)16-7-2-1-3-8-16)22(31)17-9-5-11-19(13-17)29(32)33/h1-13,20H,14H2,(H2,27,30)/t20-/m1/s1. The number of carbonyl (C=O) groups is 2. The van der Waals surface area contributed by atoms with Crippen LogP contribution in [0.2, 0.25) is 0 Å². The summed E-state index contributed by atoms with van der Waals surface area (Å²) in [6, 6.07) is 15.9. The lowest BCUT2D eigenvalue weighted by atomic mass is 10.0. The molecule has 170 valence electrons. The van der Waals surface area contributed by atoms with Crippen LogP contribution in [0.5, 0.6) is 0 Å². The van der Waals surface area contributed by atoms with Crippen LogP contribution in [-0.2, 0) is 17.5 Å². The Morgan fingerprint density at radius 2 is 1.64 bits per heavy atom. The molecule has 0 fully saturated rings. The van der Waals surface area contributed by atoms with E-state index in [2.05, 4.69) is 0 Å². The highest BCUT2D eigenvalue weighted by molar-refractivity contribution is 5.98. The van der Waals surface area contributed by atoms with Crippen LogP contribution < -0.4 is 5.73 Å². The first-order valence-corrected chi connectivity index (χ1v) is 9.63. The van der Waals surface area contributed by atoms with Crippen LogP contribution in [0, 0.1) is 10.1 Å². The summed E-state index contributed by atoms with van der Waals surface area (Å²) in [6.07, 6.45) is -4.60. The number of hydrogen-bond acceptors (Lipinski definition) is 4. The highest BCUT2D eigenvalue weighted by Crippen LogP contribution is 2.31. The number of nitrogens with two attached hydrogens (primary N) is 1. The molecule has 0 radical (unpaired) electrons. The molecule has 0 spiro atoms. The molecule has 7 nitrogen and oxygen atoms in total. The summed E-state index contributed by atoms with van der Waals surface area (Å²) in [4.78, 5) is 37.3. The molecule has 2 N–H and O–H groups in total. The van der Waals surface area contributed by atoms with E-state index in [-0.39, 0.29) is 16.8 Å². The minimum atomic E-state index is -4.60. The van der Waals surface area contributed by atoms with Gasteiger partial charge in [0, 0.05) is 24.2 Å². The molecule has 3 rings (SSSR count). The van der Waals surface area contributed by atoms with Gasteiger partial charge in [-0.1, -0.05) is 48.5 Å². The molecule has 1 atom stereocenters. The van der Waals surface area contributed by atoms with E-state index in [9.17, 15) is 32.9 Å². The molecule has 2 amide bonds. The third-order valence-electron chi connectivity index (χ3n) is 4.87. The van der Waals surface area contributed by atoms with Gasteiger partial charge in [-0.3, -0.25) is 19.7 Å². The number of nitro benzene ring substituents is 1. The third-order valence-corrected chi connectivity index (χ3v) is 4.87. The second-order valence-corrected chi connectivity index (χ2v) is 7.15. The number of non-ortho nitro benzene ring substituents is 1. The predicted molar refractivity (Wildman–Crippen MR) is 113 cm³/mol. The first kappa shape index (κ1) is 23.5. The maximum Gasteiger partial charge on any atom is 0.416 e. The molecule has 0 aliphatic heterocycles. The molecule has 0 aliphatic carbocycles. The van der Waals surface area contributed by atoms with Crippen molar-refractivity contribution in [2.24, 2.45) is 5.73 Å². The molecule has 3 aromatic rings. The lowest BCUT2D eigenvalue weighted by Crippen LogP contribution is -2.41. The Bertz CT molecular complexity index is 1180. The first-order chi connectivity index (χ1) is 15.6. The van der Waals surface area contributed by atoms with Gasteiger partial charge in [-0.15, -0.1) is 0 Å². The number of benzene rings is 3. The van der Waals surface area contributed by atoms with Gasteiger partial charge in [0.15, 0.2) is 0 Å². The predicted octanol–water partition coefficient (Wildman–Crippen LogP) is 4.48. The largest absolute Gasteiger partial charge is 0.416 e. The quantitative estimate of drug-likeness (QED) is 0.417. The number of primary amides is 1. The molecule has 0 aromatic heterocycles. The third kappa shape index (κ3) is 5.53. The molecule has 0 saturated carbocycles. The van der Waals surface area contributed by atoms with Crippen molar-refractivity contribution in [2.45, 2.75) is 18.8 Å². The monoisotopic (exact) mass is 457 g/mol. The number of amides is 2. The van der Waals surface area contributed by atoms with Gasteiger partial charge in [0.2, 0.25) is 5.91 Å². The average molecular weight is 457 g/mol. The van der Waals surface area contributed by atoms with Gasteiger partial charge < -0.3 is 10.6 Å². The lowest BCUT2D eigenvalue weighted by Gasteiger charge is -2.30. The van der Waals surface area contributed by atoms with Crippen LogP contribution in [0.1, 0.15) is 33.1 Å². The summed E-state index contributed by atoms with van der Waals surface area (Å²) < 4.78 is 39.5. The van der Waals surface area contributed by atoms with Crippen LogP contribution >= 0.6 is 0 Å². The van der Waals surface area contributed by atoms with E-state index < -0.39 is 41.1 Å². The zero-order chi connectivity index (χ0) is 24.2. The van der Waals surface area contributed by atoms with E-state index in [0.29, 0.717) is 5.56 Å². The van der Waals surface area contributed by atoms with Gasteiger partial charge in [-0.05, 0) is 29.3 Å². The van der Waals surface area contributed by atoms with Crippen LogP contribution in [0.25, 0.3) is 0 Å². The summed E-state index contributed by atoms with van der Waals surface area (Å²) in [7, 11) is 0. The van der Waals surface area contributed by atoms with E-state index in [0.717, 1.165) is 23.1 Å². The van der Waals surface area contributed by atoms with Crippen molar-refractivity contribution in [3.05, 3.63) is 111 Å². The van der Waals surface area contributed by atoms with Gasteiger partial charge in [0.25, 0.3) is 11.6 Å². The summed E-state index contributed by atoms with van der Waals surface area (Å²) in [5.74, 6) is -1.71. The molecular formula is C23H18F3N3O4. The molecule has 0 unspecified atom stereocenters. The lowest BCUT2D eigenvalue weighted by molar-refractivity contribution is -0.384. The Morgan fingerprint density at radius 3 is 2.24 bits per heavy atom. The van der Waals surface area contributed by atoms with Crippen LogP contribution in [0.3, 0.4) is 0 Å². The van der Waals surface area contributed by atoms with E-state index in [1.165, 1.54) is 30.3 Å². The summed E-state index contributed by atoms with van der Waals surface area (Å²) >= 11 is 0. The second kappa shape index (κ2) is 9.51. The van der Waals surface area contributed by atoms with Crippen molar-refractivity contribution in [3.63, 3.8) is 0 Å². The van der Waals surface area contributed by atoms with Crippen LogP contribution in [0.15, 0.2) is 78.9 Å². The highest BCUT2D eigenvalue weighted by atomic mass is 19.4. The van der Waals surface area contributed by atoms with Crippen molar-refractivity contribution in [1.82, 2.24) is 4.90 Å². The Morgan fingerprint density at radius 1 is 0.970 bits per heavy atom. The molecule has 0 aliphatic rings. The maximum atomic E-state index is 13.4. The summed E-state index contributed by atoms with van der Waals surface area (Å²) in [6.45, 7) is -0.395. The number of carbonyl (C=O) groups excluding carboxylic acids is 2. The van der Waals surface area contributed by atoms with Gasteiger partial charge in [0.05, 0.1) is 10.5 Å². The SMILES string of the molecule is NC(=O)[C@@H](c1ccccc1)N(Cc1cccc(C(F)(F)F)c1)C(=O)c1cccc([N+](=O)[O-])c1. The number of alkyl halides is 3. The number of hydrogen-bond donors (Lipinski definition) is 1. The summed E-state index contributed by atoms with van der Waals surface area (Å²) in [5, 5.41) is 11.1. The van der Waals surface area contributed by atoms with Gasteiger partial charge >= 0.3 is 6.18 Å². The number of rotatable bonds is 7. The van der Waals surface area contributed by atoms with Crippen molar-refractivity contribution < 1.29 is 27.7 Å². The topological polar surface area (TPSA) is 107 Å². The second-order valence-electron chi connectivity index (χ2n) is 7.15. The van der Waals surface area contributed by atoms with Crippen molar-refractivity contribution in [3.8, 4) is 0 Å². The number of nitro groups is 1. The van der Waals surface area contributed by atoms with E-state index >= 15 is 0 Å². The number of nitrogens with zero attached hydrogens (tertiary/aromatic N) is 2. The van der Waals surface area contributed by atoms with Crippen LogP contribution in [0.4, 0.5) is 18.9 Å². The summed E-state index contributed by atoms with van der Waals surface area (Å²) in [5.41, 5.74) is 4.66. The maximum absolute atomic E-state index is 13.4. The number of halogens is 3. The van der Waals surface area contributed by atoms with Crippen LogP contribution in [-0.4, -0.2) is 21.6 Å². The van der Waals surface area contributed by atoms with Gasteiger partial charge in [-0.2, -0.15) is 13.2 Å². The minimum Gasteiger partial charge on any atom is -0.368 e. The van der Waals surface area contributed by atoms with Crippen molar-refractivity contribution >= 4 is 17.5 Å². The van der Waals surface area contributed by atoms with Crippen molar-refractivity contribution in [1.29, 1.82) is 0 Å². The Kier molecular flexibility index (Phi) is 6.76. The average Bonchev–Trinajstić information content (AvgIpc) is 2.78. The smallest absolute Gasteiger partial charge is 0.368 e. The Hall–Kier alpha value is -4.21. The zero-order valence-corrected chi connectivity index (χ0v) is 17.0. The Balaban J connectivity index is 2.10. The fourth-order valence-electron chi connectivity index (χ4n) is 3.37. The van der Waals surface area contributed by atoms with Gasteiger partial charge in [-0.25, -0.2) is 0 Å². The first-order valence-electron chi connectivity index (χ1n) is 9.63. The molecule has 0 heterocycles. The van der Waals surface area contributed by atoms with E-state index in [4.69, 9.17) is 5.73 Å². The molecule has 3 aromatic carbocycles. The Labute approximate surface area is 186 Å². The molecule has 10 heteroatoms. The van der Waals surface area contributed by atoms with E-state index in [1.807, 2.05) is 0 Å². The molecule has 33 heavy (non-hydrogen) atoms. The fourth-order valence-corrected chi connectivity index (χ4v) is 3.37. The van der Waals surface area contributed by atoms with E-state index in [1.54, 1.807) is 30.3 Å². The van der Waals surface area contributed by atoms with Gasteiger partial charge in [0.1, 0.15) is 6.04 Å². The minimum absolute atomic E-state index is 0.103. The molecular weight excluding hydrogens is 439 g/mol. The van der Waals surface area contributed by atoms with Crippen molar-refractivity contribution in [2.75, 3.05) is 0 Å².